The number of nitrogens with zero attached hydrogens (tertiary/aromatic N) is 1. The second-order valence-corrected chi connectivity index (χ2v) is 4.37. The van der Waals surface area contributed by atoms with Gasteiger partial charge in [0.1, 0.15) is 6.61 Å². The van der Waals surface area contributed by atoms with Crippen molar-refractivity contribution in [2.45, 2.75) is 38.2 Å². The van der Waals surface area contributed by atoms with E-state index in [0.717, 1.165) is 37.8 Å². The lowest BCUT2D eigenvalue weighted by atomic mass is 9.96. The fourth-order valence-electron chi connectivity index (χ4n) is 1.88. The normalized spacial score (nSPS) is 19.6. The Morgan fingerprint density at radius 2 is 2.22 bits per heavy atom. The van der Waals surface area contributed by atoms with Gasteiger partial charge in [-0.15, -0.1) is 0 Å². The lowest BCUT2D eigenvalue weighted by molar-refractivity contribution is -0.128. The van der Waals surface area contributed by atoms with E-state index in [1.807, 2.05) is 0 Å². The van der Waals surface area contributed by atoms with Crippen LogP contribution in [0.25, 0.3) is 0 Å². The number of amides is 1. The van der Waals surface area contributed by atoms with Crippen molar-refractivity contribution in [1.82, 2.24) is 5.32 Å². The molecule has 1 rings (SSSR count). The number of carbonyl (C=O) groups is 1. The largest absolute Gasteiger partial charge is 0.411 e. The Morgan fingerprint density at radius 1 is 1.50 bits per heavy atom. The Morgan fingerprint density at radius 3 is 2.83 bits per heavy atom. The molecule has 0 aliphatic heterocycles. The van der Waals surface area contributed by atoms with Crippen molar-refractivity contribution < 1.29 is 19.5 Å². The van der Waals surface area contributed by atoms with E-state index >= 15 is 0 Å². The molecule has 0 atom stereocenters. The van der Waals surface area contributed by atoms with Gasteiger partial charge in [-0.25, -0.2) is 0 Å². The summed E-state index contributed by atoms with van der Waals surface area (Å²) in [5, 5.41) is 14.6. The van der Waals surface area contributed by atoms with Gasteiger partial charge < -0.3 is 20.0 Å². The second-order valence-electron chi connectivity index (χ2n) is 4.37. The fourth-order valence-corrected chi connectivity index (χ4v) is 1.88. The average molecular weight is 258 g/mol. The number of oxime groups is 1. The summed E-state index contributed by atoms with van der Waals surface area (Å²) in [7, 11) is 1.64. The van der Waals surface area contributed by atoms with E-state index in [-0.39, 0.29) is 18.6 Å². The number of carbonyl (C=O) groups excluding carboxylic acids is 1. The molecule has 0 bridgehead atoms. The first-order chi connectivity index (χ1) is 8.76. The van der Waals surface area contributed by atoms with Crippen molar-refractivity contribution in [3.63, 3.8) is 0 Å². The van der Waals surface area contributed by atoms with Crippen LogP contribution in [0, 0.1) is 0 Å². The zero-order valence-corrected chi connectivity index (χ0v) is 10.9. The third-order valence-electron chi connectivity index (χ3n) is 2.95. The van der Waals surface area contributed by atoms with Crippen molar-refractivity contribution in [1.29, 1.82) is 0 Å². The van der Waals surface area contributed by atoms with Crippen molar-refractivity contribution >= 4 is 11.6 Å². The van der Waals surface area contributed by atoms with E-state index < -0.39 is 0 Å². The summed E-state index contributed by atoms with van der Waals surface area (Å²) in [6.07, 6.45) is 4.03. The van der Waals surface area contributed by atoms with E-state index in [1.165, 1.54) is 0 Å². The van der Waals surface area contributed by atoms with Crippen LogP contribution in [-0.4, -0.2) is 49.8 Å². The summed E-state index contributed by atoms with van der Waals surface area (Å²) in [6.45, 7) is 1.36. The molecular formula is C12H22N2O4. The van der Waals surface area contributed by atoms with E-state index in [1.54, 1.807) is 7.11 Å². The molecule has 0 heterocycles. The highest BCUT2D eigenvalue weighted by molar-refractivity contribution is 5.84. The van der Waals surface area contributed by atoms with Crippen LogP contribution in [0.15, 0.2) is 5.16 Å². The lowest BCUT2D eigenvalue weighted by Gasteiger charge is -2.22. The molecule has 6 nitrogen and oxygen atoms in total. The minimum absolute atomic E-state index is 0.0901. The monoisotopic (exact) mass is 258 g/mol. The Labute approximate surface area is 107 Å². The molecular weight excluding hydrogens is 236 g/mol. The predicted molar refractivity (Wildman–Crippen MR) is 66.9 cm³/mol. The Bertz CT molecular complexity index is 271. The molecule has 0 spiro atoms. The van der Waals surface area contributed by atoms with Gasteiger partial charge in [-0.1, -0.05) is 5.16 Å². The smallest absolute Gasteiger partial charge is 0.246 e. The predicted octanol–water partition coefficient (Wildman–Crippen LogP) is 0.928. The molecule has 0 aromatic heterocycles. The summed E-state index contributed by atoms with van der Waals surface area (Å²) in [5.41, 5.74) is 0.818. The summed E-state index contributed by atoms with van der Waals surface area (Å²) in [6, 6.07) is 0. The number of hydrogen-bond acceptors (Lipinski definition) is 5. The van der Waals surface area contributed by atoms with E-state index in [4.69, 9.17) is 14.7 Å². The first-order valence-corrected chi connectivity index (χ1v) is 6.33. The summed E-state index contributed by atoms with van der Waals surface area (Å²) >= 11 is 0. The summed E-state index contributed by atoms with van der Waals surface area (Å²) < 4.78 is 10.4. The quantitative estimate of drug-likeness (QED) is 0.404. The van der Waals surface area contributed by atoms with Crippen LogP contribution < -0.4 is 5.32 Å². The lowest BCUT2D eigenvalue weighted by Crippen LogP contribution is -2.32. The topological polar surface area (TPSA) is 80.2 Å². The van der Waals surface area contributed by atoms with Crippen molar-refractivity contribution in [3.05, 3.63) is 0 Å². The summed E-state index contributed by atoms with van der Waals surface area (Å²) in [5.74, 6) is -0.0901. The molecule has 0 saturated heterocycles. The van der Waals surface area contributed by atoms with Gasteiger partial charge >= 0.3 is 0 Å². The van der Waals surface area contributed by atoms with Gasteiger partial charge in [0.2, 0.25) is 5.91 Å². The molecule has 0 aromatic carbocycles. The molecule has 1 saturated carbocycles. The van der Waals surface area contributed by atoms with Gasteiger partial charge in [-0.05, 0) is 32.1 Å². The Kier molecular flexibility index (Phi) is 7.36. The van der Waals surface area contributed by atoms with Crippen LogP contribution in [0.2, 0.25) is 0 Å². The van der Waals surface area contributed by atoms with Gasteiger partial charge in [0.25, 0.3) is 0 Å². The van der Waals surface area contributed by atoms with Crippen LogP contribution in [0.1, 0.15) is 32.1 Å². The maximum Gasteiger partial charge on any atom is 0.246 e. The van der Waals surface area contributed by atoms with Gasteiger partial charge in [0.05, 0.1) is 11.8 Å². The number of rotatable bonds is 7. The molecule has 1 fully saturated rings. The molecule has 2 N–H and O–H groups in total. The third kappa shape index (κ3) is 5.97. The van der Waals surface area contributed by atoms with Gasteiger partial charge in [0.15, 0.2) is 0 Å². The molecule has 6 heteroatoms. The van der Waals surface area contributed by atoms with Crippen molar-refractivity contribution in [2.24, 2.45) is 5.16 Å². The molecule has 104 valence electrons. The molecule has 1 amide bonds. The van der Waals surface area contributed by atoms with Crippen LogP contribution in [0.3, 0.4) is 0 Å². The van der Waals surface area contributed by atoms with Gasteiger partial charge in [-0.3, -0.25) is 4.79 Å². The highest BCUT2D eigenvalue weighted by Gasteiger charge is 2.19. The number of methoxy groups -OCH3 is 1. The van der Waals surface area contributed by atoms with Crippen LogP contribution in [0.4, 0.5) is 0 Å². The highest BCUT2D eigenvalue weighted by atomic mass is 16.5. The van der Waals surface area contributed by atoms with Crippen molar-refractivity contribution in [3.8, 4) is 0 Å². The first kappa shape index (κ1) is 14.9. The highest BCUT2D eigenvalue weighted by Crippen LogP contribution is 2.18. The number of ether oxygens (including phenoxy) is 2. The number of hydrogen-bond donors (Lipinski definition) is 2. The zero-order chi connectivity index (χ0) is 13.2. The third-order valence-corrected chi connectivity index (χ3v) is 2.95. The van der Waals surface area contributed by atoms with Crippen LogP contribution in [-0.2, 0) is 14.3 Å². The van der Waals surface area contributed by atoms with Crippen LogP contribution >= 0.6 is 0 Å². The molecule has 1 aliphatic carbocycles. The van der Waals surface area contributed by atoms with E-state index in [2.05, 4.69) is 10.5 Å². The molecule has 1 aliphatic rings. The minimum atomic E-state index is -0.0901. The van der Waals surface area contributed by atoms with Gasteiger partial charge in [0, 0.05) is 20.3 Å². The second kappa shape index (κ2) is 8.88. The van der Waals surface area contributed by atoms with E-state index in [0.29, 0.717) is 13.2 Å². The SMILES string of the molecule is COCCCNC(=O)COC1CCC(=NO)CC1. The Balaban J connectivity index is 2.04. The number of nitrogens with one attached hydrogen (secondary N) is 1. The Hall–Kier alpha value is -1.14. The molecule has 0 unspecified atom stereocenters. The van der Waals surface area contributed by atoms with Crippen molar-refractivity contribution in [2.75, 3.05) is 26.9 Å². The molecule has 0 aromatic rings. The summed E-state index contributed by atoms with van der Waals surface area (Å²) in [4.78, 5) is 11.4. The molecule has 18 heavy (non-hydrogen) atoms. The fraction of sp³-hybridized carbons (Fsp3) is 0.833. The first-order valence-electron chi connectivity index (χ1n) is 6.33. The minimum Gasteiger partial charge on any atom is -0.411 e. The van der Waals surface area contributed by atoms with Gasteiger partial charge in [-0.2, -0.15) is 0 Å². The zero-order valence-electron chi connectivity index (χ0n) is 10.9. The van der Waals surface area contributed by atoms with E-state index in [9.17, 15) is 4.79 Å². The average Bonchev–Trinajstić information content (AvgIpc) is 2.42. The maximum atomic E-state index is 11.4. The maximum absolute atomic E-state index is 11.4. The molecule has 0 radical (unpaired) electrons. The standard InChI is InChI=1S/C12H22N2O4/c1-17-8-2-7-13-12(15)9-18-11-5-3-10(14-16)4-6-11/h11,16H,2-9H2,1H3,(H,13,15). The van der Waals surface area contributed by atoms with Crippen LogP contribution in [0.5, 0.6) is 0 Å².